The van der Waals surface area contributed by atoms with Crippen LogP contribution in [0.5, 0.6) is 0 Å². The summed E-state index contributed by atoms with van der Waals surface area (Å²) < 4.78 is 39.2. The fraction of sp³-hybridized carbons (Fsp3) is 0.500. The van der Waals surface area contributed by atoms with Gasteiger partial charge in [0.1, 0.15) is 0 Å². The highest BCUT2D eigenvalue weighted by Gasteiger charge is 2.40. The molecule has 1 aromatic rings. The second kappa shape index (κ2) is 7.98. The second-order valence-corrected chi connectivity index (χ2v) is 6.81. The van der Waals surface area contributed by atoms with E-state index in [9.17, 15) is 32.7 Å². The number of anilines is 1. The Morgan fingerprint density at radius 1 is 1.11 bits per heavy atom. The van der Waals surface area contributed by atoms with Crippen molar-refractivity contribution < 1.29 is 32.7 Å². The Morgan fingerprint density at radius 2 is 1.74 bits per heavy atom. The molecule has 1 fully saturated rings. The van der Waals surface area contributed by atoms with Crippen LogP contribution >= 0.6 is 0 Å². The summed E-state index contributed by atoms with van der Waals surface area (Å²) in [5.41, 5.74) is -2.64. The Labute approximate surface area is 154 Å². The molecule has 0 atom stereocenters. The largest absolute Gasteiger partial charge is 0.481 e. The minimum absolute atomic E-state index is 0.159. The number of carbonyl (C=O) groups is 3. The number of alkyl halides is 3. The maximum absolute atomic E-state index is 13.1. The molecule has 1 aliphatic rings. The Morgan fingerprint density at radius 3 is 2.26 bits per heavy atom. The molecule has 1 aliphatic carbocycles. The maximum Gasteiger partial charge on any atom is 0.416 e. The molecule has 1 saturated carbocycles. The summed E-state index contributed by atoms with van der Waals surface area (Å²) in [6.07, 6.45) is -1.53. The second-order valence-electron chi connectivity index (χ2n) is 6.81. The summed E-state index contributed by atoms with van der Waals surface area (Å²) in [5.74, 6) is -2.42. The molecule has 3 N–H and O–H groups in total. The number of hydrogen-bond donors (Lipinski definition) is 3. The van der Waals surface area contributed by atoms with Crippen LogP contribution in [0.3, 0.4) is 0 Å². The average molecular weight is 386 g/mol. The van der Waals surface area contributed by atoms with E-state index in [-0.39, 0.29) is 17.8 Å². The molecule has 9 heteroatoms. The van der Waals surface area contributed by atoms with E-state index < -0.39 is 34.9 Å². The monoisotopic (exact) mass is 386 g/mol. The van der Waals surface area contributed by atoms with Gasteiger partial charge in [-0.15, -0.1) is 0 Å². The number of benzene rings is 1. The lowest BCUT2D eigenvalue weighted by Gasteiger charge is -2.33. The van der Waals surface area contributed by atoms with Gasteiger partial charge in [-0.3, -0.25) is 14.4 Å². The van der Waals surface area contributed by atoms with E-state index in [1.165, 1.54) is 0 Å². The van der Waals surface area contributed by atoms with E-state index in [0.717, 1.165) is 38.3 Å². The van der Waals surface area contributed by atoms with Crippen molar-refractivity contribution >= 4 is 23.5 Å². The summed E-state index contributed by atoms with van der Waals surface area (Å²) >= 11 is 0. The van der Waals surface area contributed by atoms with Crippen LogP contribution in [-0.4, -0.2) is 29.4 Å². The third-order valence-corrected chi connectivity index (χ3v) is 4.69. The van der Waals surface area contributed by atoms with Gasteiger partial charge in [0, 0.05) is 24.7 Å². The zero-order valence-corrected chi connectivity index (χ0v) is 14.8. The van der Waals surface area contributed by atoms with Gasteiger partial charge in [-0.05, 0) is 31.0 Å². The van der Waals surface area contributed by atoms with Crippen molar-refractivity contribution in [2.45, 2.75) is 45.2 Å². The lowest BCUT2D eigenvalue weighted by atomic mass is 9.74. The molecule has 0 radical (unpaired) electrons. The maximum atomic E-state index is 13.1. The molecule has 0 aromatic heterocycles. The number of halogens is 3. The molecular weight excluding hydrogens is 365 g/mol. The molecule has 0 aliphatic heterocycles. The van der Waals surface area contributed by atoms with Gasteiger partial charge < -0.3 is 15.7 Å². The predicted molar refractivity (Wildman–Crippen MR) is 91.2 cm³/mol. The first kappa shape index (κ1) is 20.7. The quantitative estimate of drug-likeness (QED) is 0.723. The number of nitrogens with one attached hydrogen (secondary N) is 2. The van der Waals surface area contributed by atoms with Crippen molar-refractivity contribution in [3.05, 3.63) is 29.3 Å². The fourth-order valence-electron chi connectivity index (χ4n) is 3.24. The summed E-state index contributed by atoms with van der Waals surface area (Å²) in [6.45, 7) is 0.979. The zero-order chi connectivity index (χ0) is 20.2. The minimum atomic E-state index is -4.70. The first-order chi connectivity index (χ1) is 12.5. The topological polar surface area (TPSA) is 95.5 Å². The van der Waals surface area contributed by atoms with Gasteiger partial charge in [0.2, 0.25) is 5.91 Å². The fourth-order valence-corrected chi connectivity index (χ4v) is 3.24. The highest BCUT2D eigenvalue weighted by molar-refractivity contribution is 5.97. The third kappa shape index (κ3) is 5.21. The first-order valence-corrected chi connectivity index (χ1v) is 8.55. The Balaban J connectivity index is 2.23. The van der Waals surface area contributed by atoms with Gasteiger partial charge >= 0.3 is 12.1 Å². The standard InChI is InChI=1S/C18H21F3N2O4/c1-11(24)23-14-8-12(7-13(9-14)18(19,20)21)15(25)22-10-17(16(26)27)5-3-2-4-6-17/h7-9H,2-6,10H2,1H3,(H,22,25)(H,23,24)(H,26,27). The molecule has 0 heterocycles. The molecule has 2 amide bonds. The number of rotatable bonds is 5. The van der Waals surface area contributed by atoms with Crippen molar-refractivity contribution in [1.29, 1.82) is 0 Å². The van der Waals surface area contributed by atoms with Crippen LogP contribution in [-0.2, 0) is 15.8 Å². The smallest absolute Gasteiger partial charge is 0.416 e. The molecule has 27 heavy (non-hydrogen) atoms. The molecule has 0 unspecified atom stereocenters. The first-order valence-electron chi connectivity index (χ1n) is 8.55. The van der Waals surface area contributed by atoms with Crippen LogP contribution in [0.1, 0.15) is 54.9 Å². The molecule has 2 rings (SSSR count). The van der Waals surface area contributed by atoms with Crippen LogP contribution in [0, 0.1) is 5.41 Å². The number of hydrogen-bond acceptors (Lipinski definition) is 3. The van der Waals surface area contributed by atoms with Crippen LogP contribution in [0.15, 0.2) is 18.2 Å². The number of carbonyl (C=O) groups excluding carboxylic acids is 2. The van der Waals surface area contributed by atoms with Crippen molar-refractivity contribution in [1.82, 2.24) is 5.32 Å². The van der Waals surface area contributed by atoms with E-state index in [4.69, 9.17) is 0 Å². The Hall–Kier alpha value is -2.58. The Bertz CT molecular complexity index is 741. The summed E-state index contributed by atoms with van der Waals surface area (Å²) in [4.78, 5) is 35.2. The number of carboxylic acid groups (broad SMARTS) is 1. The van der Waals surface area contributed by atoms with E-state index in [1.807, 2.05) is 0 Å². The van der Waals surface area contributed by atoms with E-state index >= 15 is 0 Å². The van der Waals surface area contributed by atoms with Crippen LogP contribution in [0.4, 0.5) is 18.9 Å². The van der Waals surface area contributed by atoms with Gasteiger partial charge in [-0.2, -0.15) is 13.2 Å². The van der Waals surface area contributed by atoms with Crippen LogP contribution in [0.25, 0.3) is 0 Å². The summed E-state index contributed by atoms with van der Waals surface area (Å²) in [6, 6.07) is 2.54. The van der Waals surface area contributed by atoms with E-state index in [1.54, 1.807) is 0 Å². The third-order valence-electron chi connectivity index (χ3n) is 4.69. The molecule has 0 saturated heterocycles. The van der Waals surface area contributed by atoms with Gasteiger partial charge in [-0.1, -0.05) is 19.3 Å². The molecular formula is C18H21F3N2O4. The van der Waals surface area contributed by atoms with Crippen molar-refractivity contribution in [2.75, 3.05) is 11.9 Å². The lowest BCUT2D eigenvalue weighted by Crippen LogP contribution is -2.44. The molecule has 6 nitrogen and oxygen atoms in total. The molecule has 0 spiro atoms. The Kier molecular flexibility index (Phi) is 6.12. The molecule has 0 bridgehead atoms. The van der Waals surface area contributed by atoms with Crippen molar-refractivity contribution in [3.63, 3.8) is 0 Å². The summed E-state index contributed by atoms with van der Waals surface area (Å²) in [5, 5.41) is 14.2. The van der Waals surface area contributed by atoms with E-state index in [0.29, 0.717) is 18.9 Å². The van der Waals surface area contributed by atoms with Crippen LogP contribution < -0.4 is 10.6 Å². The van der Waals surface area contributed by atoms with Gasteiger partial charge in [0.05, 0.1) is 11.0 Å². The van der Waals surface area contributed by atoms with Crippen molar-refractivity contribution in [3.8, 4) is 0 Å². The predicted octanol–water partition coefficient (Wildman–Crippen LogP) is 3.43. The number of amides is 2. The van der Waals surface area contributed by atoms with Crippen molar-refractivity contribution in [2.24, 2.45) is 5.41 Å². The zero-order valence-electron chi connectivity index (χ0n) is 14.8. The number of carboxylic acids is 1. The van der Waals surface area contributed by atoms with Crippen LogP contribution in [0.2, 0.25) is 0 Å². The number of aliphatic carboxylic acids is 1. The van der Waals surface area contributed by atoms with E-state index in [2.05, 4.69) is 10.6 Å². The highest BCUT2D eigenvalue weighted by Crippen LogP contribution is 2.36. The van der Waals surface area contributed by atoms with Gasteiger partial charge in [0.15, 0.2) is 0 Å². The minimum Gasteiger partial charge on any atom is -0.481 e. The van der Waals surface area contributed by atoms with Gasteiger partial charge in [0.25, 0.3) is 5.91 Å². The molecule has 1 aromatic carbocycles. The average Bonchev–Trinajstić information content (AvgIpc) is 2.58. The molecule has 148 valence electrons. The lowest BCUT2D eigenvalue weighted by molar-refractivity contribution is -0.150. The van der Waals surface area contributed by atoms with Gasteiger partial charge in [-0.25, -0.2) is 0 Å². The highest BCUT2D eigenvalue weighted by atomic mass is 19.4. The summed E-state index contributed by atoms with van der Waals surface area (Å²) in [7, 11) is 0. The SMILES string of the molecule is CC(=O)Nc1cc(C(=O)NCC2(C(=O)O)CCCCC2)cc(C(F)(F)F)c1. The normalized spacial score (nSPS) is 16.4.